The smallest absolute Gasteiger partial charge is 0.343 e. The summed E-state index contributed by atoms with van der Waals surface area (Å²) in [6, 6.07) is 1.72. The molecule has 1 aromatic rings. The van der Waals surface area contributed by atoms with Crippen molar-refractivity contribution in [3.05, 3.63) is 33.2 Å². The molecule has 1 unspecified atom stereocenters. The van der Waals surface area contributed by atoms with Crippen LogP contribution >= 0.6 is 0 Å². The van der Waals surface area contributed by atoms with E-state index in [1.807, 2.05) is 0 Å². The summed E-state index contributed by atoms with van der Waals surface area (Å²) in [4.78, 5) is 24.6. The van der Waals surface area contributed by atoms with E-state index in [1.165, 1.54) is 7.11 Å². The van der Waals surface area contributed by atoms with Crippen molar-refractivity contribution in [1.82, 2.24) is 4.57 Å². The van der Waals surface area contributed by atoms with Crippen molar-refractivity contribution < 1.29 is 19.4 Å². The Bertz CT molecular complexity index is 629. The average Bonchev–Trinajstić information content (AvgIpc) is 2.82. The first-order valence-corrected chi connectivity index (χ1v) is 6.72. The van der Waals surface area contributed by atoms with Gasteiger partial charge in [0.05, 0.1) is 17.4 Å². The molecule has 0 bridgehead atoms. The Hall–Kier alpha value is -1.66. The molecule has 6 nitrogen and oxygen atoms in total. The van der Waals surface area contributed by atoms with Crippen molar-refractivity contribution in [2.24, 2.45) is 0 Å². The molecule has 108 valence electrons. The lowest BCUT2D eigenvalue weighted by Crippen LogP contribution is -2.46. The van der Waals surface area contributed by atoms with Crippen LogP contribution in [-0.4, -0.2) is 22.8 Å². The maximum absolute atomic E-state index is 12.5. The van der Waals surface area contributed by atoms with E-state index in [2.05, 4.69) is 0 Å². The zero-order chi connectivity index (χ0) is 14.5. The van der Waals surface area contributed by atoms with E-state index >= 15 is 0 Å². The van der Waals surface area contributed by atoms with Gasteiger partial charge in [0, 0.05) is 19.2 Å². The standard InChI is InChI=1S/C14H17NO5/c1-3-14(19-2)9-6-10-11(16)4-5-15(10)12(17)8(9)7-20-13(14)18/h6,11,16H,3-5,7H2,1-2H3/t11?,14-/m0/s1. The molecule has 0 radical (unpaired) electrons. The molecule has 3 rings (SSSR count). The normalized spacial score (nSPS) is 27.9. The molecule has 2 aliphatic heterocycles. The highest BCUT2D eigenvalue weighted by Crippen LogP contribution is 2.38. The van der Waals surface area contributed by atoms with Gasteiger partial charge in [-0.05, 0) is 18.9 Å². The number of aromatic nitrogens is 1. The lowest BCUT2D eigenvalue weighted by Gasteiger charge is -2.35. The van der Waals surface area contributed by atoms with Crippen LogP contribution in [0, 0.1) is 0 Å². The van der Waals surface area contributed by atoms with Gasteiger partial charge in [0.15, 0.2) is 5.60 Å². The third-order valence-electron chi connectivity index (χ3n) is 4.36. The van der Waals surface area contributed by atoms with Crippen LogP contribution in [0.5, 0.6) is 0 Å². The Morgan fingerprint density at radius 1 is 1.55 bits per heavy atom. The summed E-state index contributed by atoms with van der Waals surface area (Å²) in [5, 5.41) is 9.97. The number of carbonyl (C=O) groups excluding carboxylic acids is 1. The first-order valence-electron chi connectivity index (χ1n) is 6.72. The molecule has 2 atom stereocenters. The second-order valence-electron chi connectivity index (χ2n) is 5.18. The number of ether oxygens (including phenoxy) is 2. The average molecular weight is 279 g/mol. The number of hydrogen-bond acceptors (Lipinski definition) is 5. The topological polar surface area (TPSA) is 77.8 Å². The Balaban J connectivity index is 2.31. The first-order chi connectivity index (χ1) is 9.55. The number of aliphatic hydroxyl groups excluding tert-OH is 1. The quantitative estimate of drug-likeness (QED) is 0.802. The summed E-state index contributed by atoms with van der Waals surface area (Å²) >= 11 is 0. The van der Waals surface area contributed by atoms with Gasteiger partial charge < -0.3 is 19.1 Å². The fourth-order valence-electron chi connectivity index (χ4n) is 3.15. The van der Waals surface area contributed by atoms with E-state index in [0.29, 0.717) is 36.2 Å². The zero-order valence-electron chi connectivity index (χ0n) is 11.5. The second kappa shape index (κ2) is 4.43. The van der Waals surface area contributed by atoms with Crippen LogP contribution in [0.3, 0.4) is 0 Å². The number of aliphatic hydroxyl groups is 1. The fraction of sp³-hybridized carbons (Fsp3) is 0.571. The van der Waals surface area contributed by atoms with E-state index in [9.17, 15) is 14.7 Å². The molecule has 20 heavy (non-hydrogen) atoms. The van der Waals surface area contributed by atoms with Gasteiger partial charge in [-0.3, -0.25) is 4.79 Å². The molecule has 1 aromatic heterocycles. The molecule has 0 amide bonds. The van der Waals surface area contributed by atoms with Crippen LogP contribution in [0.15, 0.2) is 10.9 Å². The van der Waals surface area contributed by atoms with Crippen LogP contribution in [0.4, 0.5) is 0 Å². The van der Waals surface area contributed by atoms with Crippen molar-refractivity contribution in [1.29, 1.82) is 0 Å². The Kier molecular flexibility index (Phi) is 2.95. The summed E-state index contributed by atoms with van der Waals surface area (Å²) in [5.41, 5.74) is 0.0989. The highest BCUT2D eigenvalue weighted by atomic mass is 16.6. The lowest BCUT2D eigenvalue weighted by atomic mass is 9.85. The maximum atomic E-state index is 12.5. The highest BCUT2D eigenvalue weighted by molar-refractivity contribution is 5.83. The van der Waals surface area contributed by atoms with Gasteiger partial charge in [0.1, 0.15) is 6.61 Å². The molecular formula is C14H17NO5. The van der Waals surface area contributed by atoms with Gasteiger partial charge in [-0.2, -0.15) is 0 Å². The van der Waals surface area contributed by atoms with Gasteiger partial charge in [0.25, 0.3) is 5.56 Å². The van der Waals surface area contributed by atoms with E-state index in [1.54, 1.807) is 17.6 Å². The second-order valence-corrected chi connectivity index (χ2v) is 5.18. The van der Waals surface area contributed by atoms with Crippen LogP contribution in [0.2, 0.25) is 0 Å². The Labute approximate surface area is 115 Å². The number of methoxy groups -OCH3 is 1. The van der Waals surface area contributed by atoms with Crippen LogP contribution in [0.1, 0.15) is 42.7 Å². The molecule has 0 aromatic carbocycles. The van der Waals surface area contributed by atoms with E-state index in [4.69, 9.17) is 9.47 Å². The summed E-state index contributed by atoms with van der Waals surface area (Å²) in [6.07, 6.45) is 0.213. The predicted molar refractivity (Wildman–Crippen MR) is 69.1 cm³/mol. The van der Waals surface area contributed by atoms with Gasteiger partial charge in [-0.15, -0.1) is 0 Å². The summed E-state index contributed by atoms with van der Waals surface area (Å²) in [7, 11) is 1.43. The minimum atomic E-state index is -1.25. The minimum absolute atomic E-state index is 0.0332. The Morgan fingerprint density at radius 3 is 2.95 bits per heavy atom. The van der Waals surface area contributed by atoms with E-state index in [-0.39, 0.29) is 12.2 Å². The number of esters is 1. The van der Waals surface area contributed by atoms with Crippen molar-refractivity contribution in [3.8, 4) is 0 Å². The number of cyclic esters (lactones) is 1. The zero-order valence-corrected chi connectivity index (χ0v) is 11.5. The summed E-state index contributed by atoms with van der Waals surface area (Å²) < 4.78 is 12.1. The van der Waals surface area contributed by atoms with Crippen molar-refractivity contribution >= 4 is 5.97 Å². The molecule has 0 spiro atoms. The number of rotatable bonds is 2. The van der Waals surface area contributed by atoms with Crippen LogP contribution in [-0.2, 0) is 33.0 Å². The van der Waals surface area contributed by atoms with Gasteiger partial charge in [-0.25, -0.2) is 4.79 Å². The van der Waals surface area contributed by atoms with Gasteiger partial charge >= 0.3 is 5.97 Å². The number of pyridine rings is 1. The first kappa shape index (κ1) is 13.3. The largest absolute Gasteiger partial charge is 0.458 e. The summed E-state index contributed by atoms with van der Waals surface area (Å²) in [5.74, 6) is -0.480. The molecule has 0 fully saturated rings. The SMILES string of the molecule is CC[C@@]1(OC)C(=O)OCc2c1cc1n(c2=O)CCC1O. The third-order valence-corrected chi connectivity index (χ3v) is 4.36. The molecule has 0 aliphatic carbocycles. The van der Waals surface area contributed by atoms with Crippen molar-refractivity contribution in [3.63, 3.8) is 0 Å². The van der Waals surface area contributed by atoms with Gasteiger partial charge in [0.2, 0.25) is 0 Å². The van der Waals surface area contributed by atoms with Gasteiger partial charge in [-0.1, -0.05) is 6.92 Å². The lowest BCUT2D eigenvalue weighted by molar-refractivity contribution is -0.176. The third kappa shape index (κ3) is 1.52. The van der Waals surface area contributed by atoms with Crippen LogP contribution in [0.25, 0.3) is 0 Å². The minimum Gasteiger partial charge on any atom is -0.458 e. The molecule has 3 heterocycles. The van der Waals surface area contributed by atoms with E-state index < -0.39 is 17.7 Å². The number of hydrogen-bond donors (Lipinski definition) is 1. The molecule has 6 heteroatoms. The number of nitrogens with zero attached hydrogens (tertiary/aromatic N) is 1. The molecule has 1 N–H and O–H groups in total. The maximum Gasteiger partial charge on any atom is 0.343 e. The predicted octanol–water partition coefficient (Wildman–Crippen LogP) is 0.594. The number of fused-ring (bicyclic) bond motifs is 2. The molecule has 2 aliphatic rings. The number of carbonyl (C=O) groups is 1. The molecule has 0 saturated heterocycles. The van der Waals surface area contributed by atoms with E-state index in [0.717, 1.165) is 0 Å². The van der Waals surface area contributed by atoms with Crippen LogP contribution < -0.4 is 5.56 Å². The van der Waals surface area contributed by atoms with Crippen molar-refractivity contribution in [2.75, 3.05) is 7.11 Å². The summed E-state index contributed by atoms with van der Waals surface area (Å²) in [6.45, 7) is 2.26. The fourth-order valence-corrected chi connectivity index (χ4v) is 3.15. The van der Waals surface area contributed by atoms with Crippen molar-refractivity contribution in [2.45, 2.75) is 44.6 Å². The Morgan fingerprint density at radius 2 is 2.30 bits per heavy atom. The molecule has 0 saturated carbocycles. The molecular weight excluding hydrogens is 262 g/mol. The monoisotopic (exact) mass is 279 g/mol. The highest BCUT2D eigenvalue weighted by Gasteiger charge is 2.47.